The predicted molar refractivity (Wildman–Crippen MR) is 49.3 cm³/mol. The minimum Gasteiger partial charge on any atom is -0.395 e. The number of halogens is 1. The molecule has 0 aliphatic heterocycles. The number of hydrogen-bond donors (Lipinski definition) is 1. The monoisotopic (exact) mass is 193 g/mol. The molecule has 0 rings (SSSR count). The molecule has 1 unspecified atom stereocenters. The first kappa shape index (κ1) is 11.7. The van der Waals surface area contributed by atoms with Gasteiger partial charge in [-0.15, -0.1) is 11.6 Å². The van der Waals surface area contributed by atoms with Crippen LogP contribution >= 0.6 is 11.6 Å². The second kappa shape index (κ2) is 6.26. The average Bonchev–Trinajstić information content (AvgIpc) is 2.03. The lowest BCUT2D eigenvalue weighted by molar-refractivity contribution is -0.131. The van der Waals surface area contributed by atoms with E-state index < -0.39 is 5.38 Å². The number of aliphatic hydroxyl groups is 1. The van der Waals surface area contributed by atoms with Crippen LogP contribution in [0.25, 0.3) is 0 Å². The highest BCUT2D eigenvalue weighted by Gasteiger charge is 2.16. The largest absolute Gasteiger partial charge is 0.395 e. The number of carbonyl (C=O) groups excluding carboxylic acids is 1. The maximum atomic E-state index is 11.3. The molecule has 0 radical (unpaired) electrons. The van der Waals surface area contributed by atoms with Crippen LogP contribution in [0.3, 0.4) is 0 Å². The van der Waals surface area contributed by atoms with Crippen molar-refractivity contribution in [3.8, 4) is 0 Å². The van der Waals surface area contributed by atoms with Crippen molar-refractivity contribution in [3.05, 3.63) is 0 Å². The van der Waals surface area contributed by atoms with Gasteiger partial charge >= 0.3 is 0 Å². The molecule has 1 amide bonds. The molecule has 0 fully saturated rings. The maximum absolute atomic E-state index is 11.3. The van der Waals surface area contributed by atoms with Gasteiger partial charge in [0, 0.05) is 13.1 Å². The highest BCUT2D eigenvalue weighted by atomic mass is 35.5. The normalized spacial score (nSPS) is 12.7. The van der Waals surface area contributed by atoms with Crippen LogP contribution in [-0.2, 0) is 4.79 Å². The lowest BCUT2D eigenvalue weighted by atomic mass is 10.3. The Morgan fingerprint density at radius 1 is 1.58 bits per heavy atom. The van der Waals surface area contributed by atoms with E-state index in [1.54, 1.807) is 11.8 Å². The molecule has 0 spiro atoms. The molecule has 3 nitrogen and oxygen atoms in total. The van der Waals surface area contributed by atoms with Crippen molar-refractivity contribution in [3.63, 3.8) is 0 Å². The topological polar surface area (TPSA) is 40.5 Å². The first-order chi connectivity index (χ1) is 5.63. The molecule has 0 saturated carbocycles. The number of rotatable bonds is 5. The zero-order chi connectivity index (χ0) is 9.56. The van der Waals surface area contributed by atoms with Gasteiger partial charge in [0.25, 0.3) is 0 Å². The number of hydrogen-bond acceptors (Lipinski definition) is 2. The van der Waals surface area contributed by atoms with Gasteiger partial charge in [-0.3, -0.25) is 4.79 Å². The van der Waals surface area contributed by atoms with Crippen LogP contribution in [0.1, 0.15) is 20.3 Å². The van der Waals surface area contributed by atoms with Crippen molar-refractivity contribution in [2.45, 2.75) is 25.6 Å². The molecule has 0 saturated heterocycles. The summed E-state index contributed by atoms with van der Waals surface area (Å²) >= 11 is 5.62. The Hall–Kier alpha value is -0.280. The molecular weight excluding hydrogens is 178 g/mol. The average molecular weight is 194 g/mol. The second-order valence-corrected chi connectivity index (χ2v) is 3.32. The van der Waals surface area contributed by atoms with Gasteiger partial charge in [0.2, 0.25) is 5.91 Å². The van der Waals surface area contributed by atoms with Gasteiger partial charge in [-0.05, 0) is 13.3 Å². The van der Waals surface area contributed by atoms with Crippen molar-refractivity contribution in [1.82, 2.24) is 4.90 Å². The fourth-order valence-corrected chi connectivity index (χ4v) is 1.11. The van der Waals surface area contributed by atoms with Crippen LogP contribution < -0.4 is 0 Å². The van der Waals surface area contributed by atoms with E-state index in [0.717, 1.165) is 6.42 Å². The van der Waals surface area contributed by atoms with Crippen molar-refractivity contribution in [2.75, 3.05) is 19.7 Å². The first-order valence-corrected chi connectivity index (χ1v) is 4.60. The van der Waals surface area contributed by atoms with E-state index in [1.165, 1.54) is 0 Å². The minimum atomic E-state index is -0.497. The van der Waals surface area contributed by atoms with E-state index in [0.29, 0.717) is 13.1 Å². The molecule has 4 heteroatoms. The number of alkyl halides is 1. The summed E-state index contributed by atoms with van der Waals surface area (Å²) in [7, 11) is 0. The summed E-state index contributed by atoms with van der Waals surface area (Å²) in [5.74, 6) is -0.104. The third kappa shape index (κ3) is 3.93. The number of amides is 1. The third-order valence-electron chi connectivity index (χ3n) is 1.52. The van der Waals surface area contributed by atoms with Gasteiger partial charge in [-0.2, -0.15) is 0 Å². The van der Waals surface area contributed by atoms with Crippen LogP contribution in [-0.4, -0.2) is 41.0 Å². The smallest absolute Gasteiger partial charge is 0.240 e. The quantitative estimate of drug-likeness (QED) is 0.658. The fraction of sp³-hybridized carbons (Fsp3) is 0.875. The Morgan fingerprint density at radius 3 is 2.50 bits per heavy atom. The van der Waals surface area contributed by atoms with Crippen LogP contribution in [0.5, 0.6) is 0 Å². The van der Waals surface area contributed by atoms with Gasteiger partial charge in [-0.1, -0.05) is 6.92 Å². The molecule has 12 heavy (non-hydrogen) atoms. The predicted octanol–water partition coefficient (Wildman–Crippen LogP) is 0.845. The van der Waals surface area contributed by atoms with E-state index in [4.69, 9.17) is 16.7 Å². The summed E-state index contributed by atoms with van der Waals surface area (Å²) in [6, 6.07) is 0. The molecule has 72 valence electrons. The third-order valence-corrected chi connectivity index (χ3v) is 1.70. The van der Waals surface area contributed by atoms with Crippen molar-refractivity contribution in [1.29, 1.82) is 0 Å². The Balaban J connectivity index is 3.99. The molecule has 0 aromatic heterocycles. The molecule has 0 bridgehead atoms. The van der Waals surface area contributed by atoms with E-state index in [-0.39, 0.29) is 12.5 Å². The zero-order valence-corrected chi connectivity index (χ0v) is 8.34. The zero-order valence-electron chi connectivity index (χ0n) is 7.59. The number of nitrogens with zero attached hydrogens (tertiary/aromatic N) is 1. The SMILES string of the molecule is CCCN(CCO)C(=O)C(C)Cl. The van der Waals surface area contributed by atoms with Gasteiger partial charge in [-0.25, -0.2) is 0 Å². The van der Waals surface area contributed by atoms with E-state index in [9.17, 15) is 4.79 Å². The maximum Gasteiger partial charge on any atom is 0.240 e. The van der Waals surface area contributed by atoms with Crippen LogP contribution in [0, 0.1) is 0 Å². The molecular formula is C8H16ClNO2. The second-order valence-electron chi connectivity index (χ2n) is 2.66. The molecule has 1 atom stereocenters. The molecule has 0 aromatic carbocycles. The van der Waals surface area contributed by atoms with Crippen molar-refractivity contribution in [2.24, 2.45) is 0 Å². The van der Waals surface area contributed by atoms with E-state index >= 15 is 0 Å². The number of carbonyl (C=O) groups is 1. The molecule has 0 heterocycles. The Morgan fingerprint density at radius 2 is 2.17 bits per heavy atom. The van der Waals surface area contributed by atoms with E-state index in [2.05, 4.69) is 0 Å². The lowest BCUT2D eigenvalue weighted by Gasteiger charge is -2.21. The van der Waals surface area contributed by atoms with Crippen LogP contribution in [0.15, 0.2) is 0 Å². The highest BCUT2D eigenvalue weighted by Crippen LogP contribution is 2.01. The van der Waals surface area contributed by atoms with Crippen molar-refractivity contribution >= 4 is 17.5 Å². The van der Waals surface area contributed by atoms with E-state index in [1.807, 2.05) is 6.92 Å². The first-order valence-electron chi connectivity index (χ1n) is 4.17. The van der Waals surface area contributed by atoms with Gasteiger partial charge in [0.15, 0.2) is 0 Å². The molecule has 0 aliphatic rings. The standard InChI is InChI=1S/C8H16ClNO2/c1-3-4-10(5-6-11)8(12)7(2)9/h7,11H,3-6H2,1-2H3. The fourth-order valence-electron chi connectivity index (χ4n) is 0.974. The molecule has 0 aliphatic carbocycles. The molecule has 0 aromatic rings. The summed E-state index contributed by atoms with van der Waals surface area (Å²) in [4.78, 5) is 12.9. The summed E-state index contributed by atoms with van der Waals surface area (Å²) in [6.07, 6.45) is 0.884. The summed E-state index contributed by atoms with van der Waals surface area (Å²) < 4.78 is 0. The van der Waals surface area contributed by atoms with Gasteiger partial charge in [0.1, 0.15) is 5.38 Å². The number of aliphatic hydroxyl groups excluding tert-OH is 1. The van der Waals surface area contributed by atoms with Crippen molar-refractivity contribution < 1.29 is 9.90 Å². The Labute approximate surface area is 78.3 Å². The summed E-state index contributed by atoms with van der Waals surface area (Å²) in [5.41, 5.74) is 0. The van der Waals surface area contributed by atoms with Gasteiger partial charge < -0.3 is 10.0 Å². The Kier molecular flexibility index (Phi) is 6.11. The van der Waals surface area contributed by atoms with Crippen LogP contribution in [0.4, 0.5) is 0 Å². The Bertz CT molecular complexity index is 133. The van der Waals surface area contributed by atoms with Crippen LogP contribution in [0.2, 0.25) is 0 Å². The summed E-state index contributed by atoms with van der Waals surface area (Å²) in [6.45, 7) is 4.66. The minimum absolute atomic E-state index is 0.00461. The van der Waals surface area contributed by atoms with Gasteiger partial charge in [0.05, 0.1) is 6.61 Å². The lowest BCUT2D eigenvalue weighted by Crippen LogP contribution is -2.38. The summed E-state index contributed by atoms with van der Waals surface area (Å²) in [5, 5.41) is 8.16. The highest BCUT2D eigenvalue weighted by molar-refractivity contribution is 6.30. The molecule has 1 N–H and O–H groups in total.